The molecular weight excluding hydrogens is 239 g/mol. The molecule has 0 bridgehead atoms. The average molecular weight is 258 g/mol. The van der Waals surface area contributed by atoms with Gasteiger partial charge in [-0.15, -0.1) is 0 Å². The minimum Gasteiger partial charge on any atom is -0.313 e. The minimum absolute atomic E-state index is 0.148. The van der Waals surface area contributed by atoms with Gasteiger partial charge in [0.15, 0.2) is 0 Å². The number of nitrogens with zero attached hydrogens (tertiary/aromatic N) is 1. The van der Waals surface area contributed by atoms with E-state index in [0.717, 1.165) is 28.9 Å². The maximum atomic E-state index is 13.2. The number of halogens is 1. The van der Waals surface area contributed by atoms with Crippen LogP contribution in [0.3, 0.4) is 0 Å². The van der Waals surface area contributed by atoms with Crippen LogP contribution < -0.4 is 5.32 Å². The van der Waals surface area contributed by atoms with Crippen molar-refractivity contribution in [3.05, 3.63) is 64.7 Å². The van der Waals surface area contributed by atoms with Gasteiger partial charge >= 0.3 is 0 Å². The van der Waals surface area contributed by atoms with E-state index in [9.17, 15) is 4.39 Å². The van der Waals surface area contributed by atoms with Crippen molar-refractivity contribution in [2.24, 2.45) is 0 Å². The summed E-state index contributed by atoms with van der Waals surface area (Å²) in [6.45, 7) is 4.00. The number of aromatic nitrogens is 1. The Morgan fingerprint density at radius 1 is 1.21 bits per heavy atom. The Labute approximate surface area is 113 Å². The molecule has 0 aliphatic carbocycles. The van der Waals surface area contributed by atoms with Crippen LogP contribution >= 0.6 is 0 Å². The van der Waals surface area contributed by atoms with Gasteiger partial charge in [0.1, 0.15) is 5.82 Å². The van der Waals surface area contributed by atoms with Crippen LogP contribution in [0, 0.1) is 19.7 Å². The van der Waals surface area contributed by atoms with E-state index >= 15 is 0 Å². The summed E-state index contributed by atoms with van der Waals surface area (Å²) in [5.74, 6) is -0.189. The smallest absolute Gasteiger partial charge is 0.123 e. The van der Waals surface area contributed by atoms with Gasteiger partial charge in [-0.3, -0.25) is 4.98 Å². The highest BCUT2D eigenvalue weighted by atomic mass is 19.1. The predicted octanol–water partition coefficient (Wildman–Crippen LogP) is 3.34. The molecule has 0 aliphatic heterocycles. The monoisotopic (exact) mass is 258 g/mol. The van der Waals surface area contributed by atoms with Crippen LogP contribution in [0.25, 0.3) is 0 Å². The molecule has 3 heteroatoms. The summed E-state index contributed by atoms with van der Waals surface area (Å²) < 4.78 is 13.2. The second kappa shape index (κ2) is 5.93. The largest absolute Gasteiger partial charge is 0.313 e. The van der Waals surface area contributed by atoms with Crippen molar-refractivity contribution in [2.75, 3.05) is 7.05 Å². The van der Waals surface area contributed by atoms with Crippen molar-refractivity contribution in [3.63, 3.8) is 0 Å². The van der Waals surface area contributed by atoms with Crippen molar-refractivity contribution in [3.8, 4) is 0 Å². The Morgan fingerprint density at radius 2 is 2.00 bits per heavy atom. The van der Waals surface area contributed by atoms with Gasteiger partial charge < -0.3 is 5.32 Å². The molecule has 1 heterocycles. The zero-order valence-electron chi connectivity index (χ0n) is 11.6. The molecule has 0 fully saturated rings. The summed E-state index contributed by atoms with van der Waals surface area (Å²) in [4.78, 5) is 4.49. The highest BCUT2D eigenvalue weighted by Crippen LogP contribution is 2.21. The van der Waals surface area contributed by atoms with Crippen molar-refractivity contribution in [1.82, 2.24) is 10.3 Å². The zero-order valence-corrected chi connectivity index (χ0v) is 11.6. The van der Waals surface area contributed by atoms with Crippen molar-refractivity contribution >= 4 is 0 Å². The first-order valence-electron chi connectivity index (χ1n) is 6.46. The molecule has 0 spiro atoms. The van der Waals surface area contributed by atoms with Gasteiger partial charge in [-0.2, -0.15) is 0 Å². The Balaban J connectivity index is 2.25. The number of hydrogen-bond donors (Lipinski definition) is 1. The van der Waals surface area contributed by atoms with Crippen LogP contribution in [-0.2, 0) is 6.42 Å². The fourth-order valence-electron chi connectivity index (χ4n) is 2.33. The predicted molar refractivity (Wildman–Crippen MR) is 75.6 cm³/mol. The van der Waals surface area contributed by atoms with Crippen LogP contribution in [-0.4, -0.2) is 12.0 Å². The lowest BCUT2D eigenvalue weighted by Crippen LogP contribution is -2.20. The third-order valence-electron chi connectivity index (χ3n) is 3.32. The Morgan fingerprint density at radius 3 is 2.63 bits per heavy atom. The van der Waals surface area contributed by atoms with Gasteiger partial charge in [0.2, 0.25) is 0 Å². The maximum absolute atomic E-state index is 13.2. The molecule has 0 aliphatic rings. The highest BCUT2D eigenvalue weighted by Gasteiger charge is 2.13. The molecule has 0 saturated carbocycles. The third kappa shape index (κ3) is 3.38. The van der Waals surface area contributed by atoms with E-state index in [1.807, 2.05) is 33.0 Å². The van der Waals surface area contributed by atoms with Crippen molar-refractivity contribution < 1.29 is 4.39 Å². The van der Waals surface area contributed by atoms with E-state index in [2.05, 4.69) is 16.4 Å². The molecule has 1 unspecified atom stereocenters. The molecule has 0 radical (unpaired) electrons. The Bertz CT molecular complexity index is 566. The maximum Gasteiger partial charge on any atom is 0.123 e. The highest BCUT2D eigenvalue weighted by molar-refractivity contribution is 5.28. The Kier molecular flexibility index (Phi) is 4.27. The van der Waals surface area contributed by atoms with Gasteiger partial charge in [0.25, 0.3) is 0 Å². The quantitative estimate of drug-likeness (QED) is 0.909. The van der Waals surface area contributed by atoms with Crippen molar-refractivity contribution in [1.29, 1.82) is 0 Å². The molecule has 100 valence electrons. The summed E-state index contributed by atoms with van der Waals surface area (Å²) >= 11 is 0. The summed E-state index contributed by atoms with van der Waals surface area (Å²) in [7, 11) is 1.92. The van der Waals surface area contributed by atoms with Crippen molar-refractivity contribution in [2.45, 2.75) is 26.3 Å². The number of nitrogens with one attached hydrogen (secondary N) is 1. The fraction of sp³-hybridized carbons (Fsp3) is 0.312. The van der Waals surface area contributed by atoms with E-state index in [1.165, 1.54) is 6.07 Å². The number of hydrogen-bond acceptors (Lipinski definition) is 2. The second-order valence-electron chi connectivity index (χ2n) is 4.80. The lowest BCUT2D eigenvalue weighted by Gasteiger charge is -2.19. The first-order valence-corrected chi connectivity index (χ1v) is 6.46. The number of rotatable bonds is 4. The summed E-state index contributed by atoms with van der Waals surface area (Å²) in [6.07, 6.45) is 0.750. The fourth-order valence-corrected chi connectivity index (χ4v) is 2.33. The van der Waals surface area contributed by atoms with E-state index in [-0.39, 0.29) is 11.9 Å². The zero-order chi connectivity index (χ0) is 13.8. The molecule has 1 aromatic heterocycles. The number of benzene rings is 1. The van der Waals surface area contributed by atoms with Gasteiger partial charge in [-0.25, -0.2) is 4.39 Å². The molecule has 1 atom stereocenters. The van der Waals surface area contributed by atoms with E-state index in [1.54, 1.807) is 12.1 Å². The van der Waals surface area contributed by atoms with Crippen LogP contribution in [0.2, 0.25) is 0 Å². The van der Waals surface area contributed by atoms with Crippen LogP contribution in [0.1, 0.15) is 28.6 Å². The van der Waals surface area contributed by atoms with E-state index in [0.29, 0.717) is 0 Å². The normalized spacial score (nSPS) is 12.4. The molecule has 2 nitrogen and oxygen atoms in total. The lowest BCUT2D eigenvalue weighted by atomic mass is 9.97. The van der Waals surface area contributed by atoms with Crippen LogP contribution in [0.15, 0.2) is 36.4 Å². The van der Waals surface area contributed by atoms with Gasteiger partial charge in [0.05, 0.1) is 0 Å². The lowest BCUT2D eigenvalue weighted by molar-refractivity contribution is 0.579. The van der Waals surface area contributed by atoms with Gasteiger partial charge in [-0.1, -0.05) is 18.2 Å². The standard InChI is InChI=1S/C16H19FN2/c1-11-7-8-15(12(2)19-11)16(18-3)10-13-5-4-6-14(17)9-13/h4-9,16,18H,10H2,1-3H3. The topological polar surface area (TPSA) is 24.9 Å². The molecule has 0 amide bonds. The van der Waals surface area contributed by atoms with E-state index in [4.69, 9.17) is 0 Å². The van der Waals surface area contributed by atoms with Crippen LogP contribution in [0.4, 0.5) is 4.39 Å². The minimum atomic E-state index is -0.189. The second-order valence-corrected chi connectivity index (χ2v) is 4.80. The average Bonchev–Trinajstić information content (AvgIpc) is 2.37. The SMILES string of the molecule is CNC(Cc1cccc(F)c1)c1ccc(C)nc1C. The molecule has 1 aromatic carbocycles. The van der Waals surface area contributed by atoms with Gasteiger partial charge in [-0.05, 0) is 56.6 Å². The molecule has 19 heavy (non-hydrogen) atoms. The molecule has 0 saturated heterocycles. The summed E-state index contributed by atoms with van der Waals surface area (Å²) in [6, 6.07) is 11.0. The van der Waals surface area contributed by atoms with Gasteiger partial charge in [0, 0.05) is 17.4 Å². The Hall–Kier alpha value is -1.74. The van der Waals surface area contributed by atoms with E-state index < -0.39 is 0 Å². The molecule has 2 rings (SSSR count). The molecular formula is C16H19FN2. The first kappa shape index (κ1) is 13.7. The van der Waals surface area contributed by atoms with Crippen LogP contribution in [0.5, 0.6) is 0 Å². The summed E-state index contributed by atoms with van der Waals surface area (Å²) in [5, 5.41) is 3.28. The third-order valence-corrected chi connectivity index (χ3v) is 3.32. The summed E-state index contributed by atoms with van der Waals surface area (Å²) in [5.41, 5.74) is 4.19. The first-order chi connectivity index (χ1) is 9.10. The molecule has 2 aromatic rings. The number of likely N-dealkylation sites (N-methyl/N-ethyl adjacent to an activating group) is 1. The number of aryl methyl sites for hydroxylation is 2. The number of pyridine rings is 1. The molecule has 1 N–H and O–H groups in total.